The molecule has 0 saturated heterocycles. The van der Waals surface area contributed by atoms with Crippen molar-refractivity contribution in [2.75, 3.05) is 20.8 Å². The second-order valence-electron chi connectivity index (χ2n) is 7.43. The van der Waals surface area contributed by atoms with Crippen LogP contribution < -0.4 is 24.4 Å². The van der Waals surface area contributed by atoms with Crippen molar-refractivity contribution in [2.24, 2.45) is 4.99 Å². The molecule has 2 heterocycles. The number of hydrogen-bond acceptors (Lipinski definition) is 7. The van der Waals surface area contributed by atoms with Crippen molar-refractivity contribution >= 4 is 35.0 Å². The number of allylic oxidation sites excluding steroid dienone is 1. The van der Waals surface area contributed by atoms with Crippen molar-refractivity contribution in [3.05, 3.63) is 89.6 Å². The van der Waals surface area contributed by atoms with E-state index < -0.39 is 12.0 Å². The molecule has 0 fully saturated rings. The van der Waals surface area contributed by atoms with E-state index in [-0.39, 0.29) is 17.7 Å². The number of nitrogens with zero attached hydrogens (tertiary/aromatic N) is 2. The van der Waals surface area contributed by atoms with Gasteiger partial charge in [0, 0.05) is 10.6 Å². The van der Waals surface area contributed by atoms with Gasteiger partial charge in [0.1, 0.15) is 17.5 Å². The number of aromatic nitrogens is 1. The molecule has 0 spiro atoms. The maximum Gasteiger partial charge on any atom is 0.338 e. The quantitative estimate of drug-likeness (QED) is 0.486. The van der Waals surface area contributed by atoms with Crippen LogP contribution in [0, 0.1) is 0 Å². The summed E-state index contributed by atoms with van der Waals surface area (Å²) in [5.41, 5.74) is 1.74. The molecule has 0 unspecified atom stereocenters. The number of esters is 1. The lowest BCUT2D eigenvalue weighted by Crippen LogP contribution is -2.40. The molecule has 34 heavy (non-hydrogen) atoms. The molecule has 176 valence electrons. The minimum absolute atomic E-state index is 0.189. The van der Waals surface area contributed by atoms with Gasteiger partial charge in [0.05, 0.1) is 36.6 Å². The second-order valence-corrected chi connectivity index (χ2v) is 8.85. The van der Waals surface area contributed by atoms with E-state index in [2.05, 4.69) is 4.99 Å². The van der Waals surface area contributed by atoms with E-state index >= 15 is 0 Å². The molecule has 0 aliphatic carbocycles. The zero-order chi connectivity index (χ0) is 24.4. The molecule has 0 radical (unpaired) electrons. The van der Waals surface area contributed by atoms with Gasteiger partial charge < -0.3 is 14.2 Å². The standard InChI is InChI=1S/C25H23ClN2O5S/c1-5-33-24(30)21-14(2)27-25-28(22(21)17-13-16(31-3)10-11-19(17)32-4)23(29)20(34-25)12-15-8-6-7-9-18(15)26/h6-13,22H,5H2,1-4H3/b20-12-/t22-/m0/s1. The first-order valence-corrected chi connectivity index (χ1v) is 11.7. The lowest BCUT2D eigenvalue weighted by Gasteiger charge is -2.26. The summed E-state index contributed by atoms with van der Waals surface area (Å²) in [6, 6.07) is 11.7. The van der Waals surface area contributed by atoms with E-state index in [0.717, 1.165) is 0 Å². The fourth-order valence-corrected chi connectivity index (χ4v) is 5.10. The fraction of sp³-hybridized carbons (Fsp3) is 0.240. The van der Waals surface area contributed by atoms with Crippen LogP contribution in [0.5, 0.6) is 11.5 Å². The Morgan fingerprint density at radius 3 is 2.65 bits per heavy atom. The number of methoxy groups -OCH3 is 2. The summed E-state index contributed by atoms with van der Waals surface area (Å²) in [6.07, 6.45) is 1.73. The smallest absolute Gasteiger partial charge is 0.338 e. The van der Waals surface area contributed by atoms with E-state index in [1.807, 2.05) is 18.2 Å². The molecule has 7 nitrogen and oxygen atoms in total. The number of carbonyl (C=O) groups excluding carboxylic acids is 1. The number of hydrogen-bond donors (Lipinski definition) is 0. The molecule has 1 aliphatic heterocycles. The molecular formula is C25H23ClN2O5S. The molecule has 1 aliphatic rings. The van der Waals surface area contributed by atoms with Gasteiger partial charge in [-0.1, -0.05) is 41.1 Å². The van der Waals surface area contributed by atoms with Crippen LogP contribution in [-0.2, 0) is 9.53 Å². The topological polar surface area (TPSA) is 79.1 Å². The molecule has 3 aromatic rings. The molecule has 2 aromatic carbocycles. The van der Waals surface area contributed by atoms with Crippen LogP contribution in [0.4, 0.5) is 0 Å². The highest BCUT2D eigenvalue weighted by molar-refractivity contribution is 7.07. The SMILES string of the molecule is CCOC(=O)C1=C(C)N=c2s/c(=C\c3ccccc3Cl)c(=O)n2[C@H]1c1cc(OC)ccc1OC. The van der Waals surface area contributed by atoms with E-state index in [9.17, 15) is 9.59 Å². The summed E-state index contributed by atoms with van der Waals surface area (Å²) in [7, 11) is 3.08. The minimum atomic E-state index is -0.811. The number of ether oxygens (including phenoxy) is 3. The predicted octanol–water partition coefficient (Wildman–Crippen LogP) is 3.47. The Kier molecular flexibility index (Phi) is 6.90. The third-order valence-electron chi connectivity index (χ3n) is 5.44. The van der Waals surface area contributed by atoms with Crippen molar-refractivity contribution in [3.8, 4) is 11.5 Å². The van der Waals surface area contributed by atoms with Gasteiger partial charge in [0.25, 0.3) is 5.56 Å². The molecule has 1 atom stereocenters. The highest BCUT2D eigenvalue weighted by Gasteiger charge is 2.35. The highest BCUT2D eigenvalue weighted by atomic mass is 35.5. The summed E-state index contributed by atoms with van der Waals surface area (Å²) in [6.45, 7) is 3.65. The summed E-state index contributed by atoms with van der Waals surface area (Å²) < 4.78 is 18.3. The van der Waals surface area contributed by atoms with E-state index in [4.69, 9.17) is 25.8 Å². The largest absolute Gasteiger partial charge is 0.497 e. The van der Waals surface area contributed by atoms with Gasteiger partial charge in [0.15, 0.2) is 4.80 Å². The van der Waals surface area contributed by atoms with Crippen molar-refractivity contribution < 1.29 is 19.0 Å². The predicted molar refractivity (Wildman–Crippen MR) is 131 cm³/mol. The zero-order valence-corrected chi connectivity index (χ0v) is 20.7. The van der Waals surface area contributed by atoms with E-state index in [1.54, 1.807) is 51.3 Å². The number of thiazole rings is 1. The van der Waals surface area contributed by atoms with Gasteiger partial charge in [-0.2, -0.15) is 0 Å². The highest BCUT2D eigenvalue weighted by Crippen LogP contribution is 2.37. The molecular weight excluding hydrogens is 476 g/mol. The van der Waals surface area contributed by atoms with Gasteiger partial charge >= 0.3 is 5.97 Å². The normalized spacial score (nSPS) is 15.6. The van der Waals surface area contributed by atoms with Crippen LogP contribution in [0.25, 0.3) is 6.08 Å². The lowest BCUT2D eigenvalue weighted by molar-refractivity contribution is -0.139. The first-order chi connectivity index (χ1) is 16.4. The third-order valence-corrected chi connectivity index (χ3v) is 6.77. The van der Waals surface area contributed by atoms with Crippen molar-refractivity contribution in [1.29, 1.82) is 0 Å². The first-order valence-electron chi connectivity index (χ1n) is 10.6. The second kappa shape index (κ2) is 9.87. The molecule has 0 saturated carbocycles. The first kappa shape index (κ1) is 23.8. The molecule has 4 rings (SSSR count). The Morgan fingerprint density at radius 2 is 1.97 bits per heavy atom. The Labute approximate surface area is 205 Å². The summed E-state index contributed by atoms with van der Waals surface area (Å²) in [4.78, 5) is 31.8. The number of rotatable bonds is 6. The number of carbonyl (C=O) groups is 1. The number of halogens is 1. The van der Waals surface area contributed by atoms with Crippen LogP contribution in [0.3, 0.4) is 0 Å². The van der Waals surface area contributed by atoms with E-state index in [1.165, 1.54) is 23.0 Å². The molecule has 1 aromatic heterocycles. The maximum absolute atomic E-state index is 13.7. The van der Waals surface area contributed by atoms with Gasteiger partial charge in [0.2, 0.25) is 0 Å². The molecule has 0 N–H and O–H groups in total. The average molecular weight is 499 g/mol. The summed E-state index contributed by atoms with van der Waals surface area (Å²) in [5, 5.41) is 0.530. The van der Waals surface area contributed by atoms with Crippen molar-refractivity contribution in [3.63, 3.8) is 0 Å². The molecule has 9 heteroatoms. The van der Waals surface area contributed by atoms with Gasteiger partial charge in [-0.3, -0.25) is 9.36 Å². The van der Waals surface area contributed by atoms with E-state index in [0.29, 0.717) is 42.7 Å². The van der Waals surface area contributed by atoms with Crippen LogP contribution in [-0.4, -0.2) is 31.4 Å². The van der Waals surface area contributed by atoms with Crippen molar-refractivity contribution in [1.82, 2.24) is 4.57 Å². The Balaban J connectivity index is 2.03. The van der Waals surface area contributed by atoms with Gasteiger partial charge in [-0.15, -0.1) is 0 Å². The maximum atomic E-state index is 13.7. The minimum Gasteiger partial charge on any atom is -0.497 e. The van der Waals surface area contributed by atoms with Crippen LogP contribution in [0.15, 0.2) is 63.5 Å². The Hall–Kier alpha value is -3.36. The monoisotopic (exact) mass is 498 g/mol. The summed E-state index contributed by atoms with van der Waals surface area (Å²) >= 11 is 7.54. The van der Waals surface area contributed by atoms with Crippen LogP contribution in [0.2, 0.25) is 5.02 Å². The number of benzene rings is 2. The van der Waals surface area contributed by atoms with Crippen LogP contribution >= 0.6 is 22.9 Å². The third kappa shape index (κ3) is 4.26. The molecule has 0 amide bonds. The van der Waals surface area contributed by atoms with Gasteiger partial charge in [-0.05, 0) is 49.8 Å². The Morgan fingerprint density at radius 1 is 1.21 bits per heavy atom. The van der Waals surface area contributed by atoms with Gasteiger partial charge in [-0.25, -0.2) is 9.79 Å². The average Bonchev–Trinajstić information content (AvgIpc) is 3.13. The summed E-state index contributed by atoms with van der Waals surface area (Å²) in [5.74, 6) is 0.522. The lowest BCUT2D eigenvalue weighted by atomic mass is 9.94. The number of fused-ring (bicyclic) bond motifs is 1. The van der Waals surface area contributed by atoms with Crippen LogP contribution in [0.1, 0.15) is 31.0 Å². The molecule has 0 bridgehead atoms. The fourth-order valence-electron chi connectivity index (χ4n) is 3.87. The van der Waals surface area contributed by atoms with Crippen molar-refractivity contribution in [2.45, 2.75) is 19.9 Å². The zero-order valence-electron chi connectivity index (χ0n) is 19.1. The Bertz CT molecular complexity index is 1470.